The summed E-state index contributed by atoms with van der Waals surface area (Å²) in [4.78, 5) is 22.4. The van der Waals surface area contributed by atoms with Gasteiger partial charge in [0.1, 0.15) is 5.75 Å². The summed E-state index contributed by atoms with van der Waals surface area (Å²) >= 11 is 3.55. The number of hydrogen-bond donors (Lipinski definition) is 2. The smallest absolute Gasteiger partial charge is 0.247 e. The summed E-state index contributed by atoms with van der Waals surface area (Å²) in [5, 5.41) is 8.23. The highest BCUT2D eigenvalue weighted by atomic mass is 79.9. The Bertz CT molecular complexity index is 1290. The molecule has 0 aliphatic rings. The molecule has 0 bridgehead atoms. The molecule has 0 radical (unpaired) electrons. The predicted molar refractivity (Wildman–Crippen MR) is 124 cm³/mol. The van der Waals surface area contributed by atoms with Crippen LogP contribution < -0.4 is 15.8 Å². The number of aromatic nitrogens is 4. The van der Waals surface area contributed by atoms with E-state index in [9.17, 15) is 4.79 Å². The summed E-state index contributed by atoms with van der Waals surface area (Å²) in [6.07, 6.45) is 0. The van der Waals surface area contributed by atoms with E-state index in [4.69, 9.17) is 25.2 Å². The lowest BCUT2D eigenvalue weighted by Gasteiger charge is -2.23. The van der Waals surface area contributed by atoms with Gasteiger partial charge >= 0.3 is 0 Å². The highest BCUT2D eigenvalue weighted by Crippen LogP contribution is 2.30. The third-order valence-corrected chi connectivity index (χ3v) is 5.77. The van der Waals surface area contributed by atoms with Gasteiger partial charge in [-0.05, 0) is 59.3 Å². The number of fused-ring (bicyclic) bond motifs is 3. The second kappa shape index (κ2) is 8.81. The fourth-order valence-electron chi connectivity index (χ4n) is 3.35. The number of carbonyl (C=O) groups is 1. The van der Waals surface area contributed by atoms with E-state index in [0.717, 1.165) is 21.2 Å². The molecule has 0 aliphatic heterocycles. The molecule has 3 N–H and O–H groups in total. The maximum absolute atomic E-state index is 12.9. The number of nitrogens with zero attached hydrogens (tertiary/aromatic N) is 4. The normalized spacial score (nSPS) is 13.3. The molecule has 1 amide bonds. The first-order valence-corrected chi connectivity index (χ1v) is 10.7. The molecule has 1 atom stereocenters. The number of amides is 1. The summed E-state index contributed by atoms with van der Waals surface area (Å²) in [5.41, 5.74) is 7.04. The Morgan fingerprint density at radius 3 is 2.62 bits per heavy atom. The first kappa shape index (κ1) is 22.1. The molecular formula is C22H23BrN6O3. The van der Waals surface area contributed by atoms with Crippen LogP contribution in [0.4, 0.5) is 0 Å². The van der Waals surface area contributed by atoms with Gasteiger partial charge in [-0.1, -0.05) is 6.07 Å². The van der Waals surface area contributed by atoms with Crippen molar-refractivity contribution in [3.63, 3.8) is 0 Å². The van der Waals surface area contributed by atoms with E-state index >= 15 is 0 Å². The number of ether oxygens (including phenoxy) is 2. The Labute approximate surface area is 193 Å². The van der Waals surface area contributed by atoms with Gasteiger partial charge in [-0.3, -0.25) is 4.79 Å². The number of hydrogen-bond acceptors (Lipinski definition) is 7. The lowest BCUT2D eigenvalue weighted by Crippen LogP contribution is -2.51. The largest absolute Gasteiger partial charge is 0.497 e. The fourth-order valence-corrected chi connectivity index (χ4v) is 3.80. The molecular weight excluding hydrogens is 476 g/mol. The Morgan fingerprint density at radius 2 is 1.94 bits per heavy atom. The molecule has 4 aromatic rings. The molecule has 2 aromatic carbocycles. The van der Waals surface area contributed by atoms with Crippen LogP contribution in [0.25, 0.3) is 27.9 Å². The molecule has 0 fully saturated rings. The monoisotopic (exact) mass is 498 g/mol. The number of halogens is 1. The van der Waals surface area contributed by atoms with Gasteiger partial charge in [0, 0.05) is 29.1 Å². The first-order chi connectivity index (χ1) is 15.4. The number of nitrogens with two attached hydrogens (primary N) is 1. The van der Waals surface area contributed by atoms with Crippen molar-refractivity contribution >= 4 is 38.4 Å². The molecule has 0 aliphatic carbocycles. The van der Waals surface area contributed by atoms with Crippen molar-refractivity contribution in [1.82, 2.24) is 24.9 Å². The van der Waals surface area contributed by atoms with E-state index in [1.54, 1.807) is 25.7 Å². The lowest BCUT2D eigenvalue weighted by atomic mass is 10.0. The Balaban J connectivity index is 1.91. The topological polar surface area (TPSA) is 117 Å². The van der Waals surface area contributed by atoms with Crippen molar-refractivity contribution in [2.45, 2.75) is 12.5 Å². The van der Waals surface area contributed by atoms with Crippen LogP contribution in [0.15, 0.2) is 46.9 Å². The van der Waals surface area contributed by atoms with Crippen LogP contribution in [0.3, 0.4) is 0 Å². The first-order valence-electron chi connectivity index (χ1n) is 9.93. The molecule has 32 heavy (non-hydrogen) atoms. The molecule has 9 nitrogen and oxygen atoms in total. The third-order valence-electron chi connectivity index (χ3n) is 5.13. The van der Waals surface area contributed by atoms with Gasteiger partial charge in [-0.25, -0.2) is 9.97 Å². The van der Waals surface area contributed by atoms with Crippen LogP contribution in [0.1, 0.15) is 12.7 Å². The number of benzene rings is 2. The van der Waals surface area contributed by atoms with E-state index in [2.05, 4.69) is 26.3 Å². The summed E-state index contributed by atoms with van der Waals surface area (Å²) in [6, 6.07) is 13.1. The number of nitrogens with one attached hydrogen (secondary N) is 1. The van der Waals surface area contributed by atoms with Gasteiger partial charge in [0.15, 0.2) is 22.8 Å². The zero-order valence-corrected chi connectivity index (χ0v) is 19.5. The van der Waals surface area contributed by atoms with Crippen LogP contribution in [0.5, 0.6) is 5.75 Å². The van der Waals surface area contributed by atoms with Crippen LogP contribution in [0, 0.1) is 0 Å². The van der Waals surface area contributed by atoms with Gasteiger partial charge in [0.25, 0.3) is 0 Å². The van der Waals surface area contributed by atoms with Crippen molar-refractivity contribution in [2.75, 3.05) is 27.4 Å². The second-order valence-corrected chi connectivity index (χ2v) is 8.28. The maximum atomic E-state index is 12.9. The molecule has 0 unspecified atom stereocenters. The summed E-state index contributed by atoms with van der Waals surface area (Å²) in [7, 11) is 3.18. The number of carbonyl (C=O) groups excluding carboxylic acids is 1. The van der Waals surface area contributed by atoms with E-state index in [0.29, 0.717) is 30.1 Å². The minimum Gasteiger partial charge on any atom is -0.497 e. The van der Waals surface area contributed by atoms with E-state index in [1.165, 1.54) is 0 Å². The average Bonchev–Trinajstić information content (AvgIpc) is 3.24. The molecule has 2 heterocycles. The fraction of sp³-hybridized carbons (Fsp3) is 0.273. The summed E-state index contributed by atoms with van der Waals surface area (Å²) in [6.45, 7) is 2.31. The summed E-state index contributed by atoms with van der Waals surface area (Å²) < 4.78 is 12.6. The van der Waals surface area contributed by atoms with Gasteiger partial charge in [-0.15, -0.1) is 5.10 Å². The van der Waals surface area contributed by atoms with E-state index in [-0.39, 0.29) is 5.82 Å². The molecule has 0 spiro atoms. The van der Waals surface area contributed by atoms with Gasteiger partial charge < -0.3 is 20.5 Å². The van der Waals surface area contributed by atoms with Crippen molar-refractivity contribution in [3.8, 4) is 17.1 Å². The van der Waals surface area contributed by atoms with Crippen LogP contribution in [-0.4, -0.2) is 52.9 Å². The minimum atomic E-state index is -1.47. The molecule has 4 rings (SSSR count). The van der Waals surface area contributed by atoms with E-state index in [1.807, 2.05) is 42.5 Å². The Morgan fingerprint density at radius 1 is 1.19 bits per heavy atom. The van der Waals surface area contributed by atoms with Crippen molar-refractivity contribution in [2.24, 2.45) is 5.73 Å². The van der Waals surface area contributed by atoms with Gasteiger partial charge in [0.05, 0.1) is 19.2 Å². The summed E-state index contributed by atoms with van der Waals surface area (Å²) in [5.74, 6) is 1.10. The molecule has 0 saturated carbocycles. The van der Waals surface area contributed by atoms with E-state index < -0.39 is 11.4 Å². The van der Waals surface area contributed by atoms with Crippen LogP contribution >= 0.6 is 15.9 Å². The third kappa shape index (κ3) is 3.92. The molecule has 166 valence electrons. The van der Waals surface area contributed by atoms with Gasteiger partial charge in [-0.2, -0.15) is 4.52 Å². The zero-order valence-electron chi connectivity index (χ0n) is 17.9. The highest BCUT2D eigenvalue weighted by Gasteiger charge is 2.36. The maximum Gasteiger partial charge on any atom is 0.247 e. The number of para-hydroxylation sites is 1. The van der Waals surface area contributed by atoms with Gasteiger partial charge in [0.2, 0.25) is 5.91 Å². The SMILES string of the molecule is COCCNC(=O)[C@@](C)(N)c1nc2c(Br)cccc2c2nc(-c3ccc(OC)cc3)nn12. The average molecular weight is 499 g/mol. The Kier molecular flexibility index (Phi) is 6.09. The predicted octanol–water partition coefficient (Wildman–Crippen LogP) is 2.65. The molecule has 2 aromatic heterocycles. The second-order valence-electron chi connectivity index (χ2n) is 7.42. The van der Waals surface area contributed by atoms with Crippen molar-refractivity contribution in [3.05, 3.63) is 52.8 Å². The Hall–Kier alpha value is -3.08. The van der Waals surface area contributed by atoms with Crippen molar-refractivity contribution < 1.29 is 14.3 Å². The van der Waals surface area contributed by atoms with Crippen molar-refractivity contribution in [1.29, 1.82) is 0 Å². The standard InChI is InChI=1S/C22H23BrN6O3/c1-22(24,21(30)25-11-12-31-2)20-26-17-15(5-4-6-16(17)23)19-27-18(28-29(19)20)13-7-9-14(32-3)10-8-13/h4-10H,11-12,24H2,1-3H3,(H,25,30)/t22-/m0/s1. The number of rotatable bonds is 7. The number of methoxy groups -OCH3 is 2. The molecule has 0 saturated heterocycles. The molecule has 10 heteroatoms. The quantitative estimate of drug-likeness (QED) is 0.376. The van der Waals surface area contributed by atoms with Crippen LogP contribution in [0.2, 0.25) is 0 Å². The minimum absolute atomic E-state index is 0.272. The lowest BCUT2D eigenvalue weighted by molar-refractivity contribution is -0.126. The zero-order chi connectivity index (χ0) is 22.9. The highest BCUT2D eigenvalue weighted by molar-refractivity contribution is 9.10. The van der Waals surface area contributed by atoms with Crippen LogP contribution in [-0.2, 0) is 15.1 Å².